The molecule has 0 amide bonds. The Morgan fingerprint density at radius 2 is 0.241 bits per heavy atom. The maximum absolute atomic E-state index is 2.23. The molecule has 58 heavy (non-hydrogen) atoms. The number of hydrogen-bond donors (Lipinski definition) is 0. The van der Waals surface area contributed by atoms with E-state index in [2.05, 4.69) is 273 Å². The van der Waals surface area contributed by atoms with E-state index in [1.165, 1.54) is 47.7 Å². The van der Waals surface area contributed by atoms with Crippen LogP contribution in [0.4, 0.5) is 0 Å². The van der Waals surface area contributed by atoms with E-state index < -0.39 is 23.8 Å². The first-order chi connectivity index (χ1) is 28.3. The van der Waals surface area contributed by atoms with Crippen LogP contribution in [0.5, 0.6) is 0 Å². The first-order valence-corrected chi connectivity index (χ1v) is 23.2. The van der Waals surface area contributed by atoms with Gasteiger partial charge in [-0.2, -0.15) is 0 Å². The first kappa shape index (κ1) is 42.5. The molecule has 0 aliphatic rings. The van der Waals surface area contributed by atoms with Crippen molar-refractivity contribution in [1.29, 1.82) is 0 Å². The zero-order valence-electron chi connectivity index (χ0n) is 36.2. The molecule has 0 unspecified atom stereocenters. The third kappa shape index (κ3) is 12.0. The van der Waals surface area contributed by atoms with E-state index in [9.17, 15) is 0 Å². The second-order valence-electron chi connectivity index (χ2n) is 13.0. The molecule has 0 fully saturated rings. The molecule has 0 aliphatic heterocycles. The van der Waals surface area contributed by atoms with Gasteiger partial charge in [-0.05, 0) is 71.5 Å². The fraction of sp³-hybridized carbons (Fsp3) is 0. The van der Waals surface area contributed by atoms with Crippen LogP contribution in [0.25, 0.3) is 0 Å². The molecular formula is C54H49P3Ru. The van der Waals surface area contributed by atoms with Gasteiger partial charge in [0.2, 0.25) is 0 Å². The van der Waals surface area contributed by atoms with Crippen molar-refractivity contribution in [2.45, 2.75) is 0 Å². The van der Waals surface area contributed by atoms with Crippen molar-refractivity contribution in [2.24, 2.45) is 0 Å². The SMILES string of the molecule is [H-].[H-].[H-].[H-].[Ru+4].c1ccc(P(c2ccccc2)c2ccccc2)cc1.c1ccc(P(c2ccccc2)c2ccccc2)cc1.c1ccc(P(c2ccccc2)c2ccccc2)cc1. The summed E-state index contributed by atoms with van der Waals surface area (Å²) in [6.07, 6.45) is 0. The average Bonchev–Trinajstić information content (AvgIpc) is 3.30. The fourth-order valence-corrected chi connectivity index (χ4v) is 13.5. The smallest absolute Gasteiger partial charge is 1.00 e. The van der Waals surface area contributed by atoms with Gasteiger partial charge in [0.05, 0.1) is 0 Å². The van der Waals surface area contributed by atoms with Gasteiger partial charge in [-0.1, -0.05) is 273 Å². The van der Waals surface area contributed by atoms with Gasteiger partial charge >= 0.3 is 19.5 Å². The Morgan fingerprint density at radius 3 is 0.328 bits per heavy atom. The molecule has 0 saturated heterocycles. The molecule has 0 N–H and O–H groups in total. The zero-order chi connectivity index (χ0) is 38.7. The summed E-state index contributed by atoms with van der Waals surface area (Å²) >= 11 is 0. The third-order valence-corrected chi connectivity index (χ3v) is 16.5. The minimum atomic E-state index is -0.446. The van der Waals surface area contributed by atoms with Crippen molar-refractivity contribution < 1.29 is 25.2 Å². The summed E-state index contributed by atoms with van der Waals surface area (Å²) in [5, 5.41) is 12.6. The predicted octanol–water partition coefficient (Wildman–Crippen LogP) is 10.8. The minimum Gasteiger partial charge on any atom is -1.00 e. The number of hydrogen-bond acceptors (Lipinski definition) is 0. The Kier molecular flexibility index (Phi) is 17.1. The average molecular weight is 892 g/mol. The normalized spacial score (nSPS) is 10.4. The molecule has 9 aromatic carbocycles. The summed E-state index contributed by atoms with van der Waals surface area (Å²) in [6, 6.07) is 97.0. The summed E-state index contributed by atoms with van der Waals surface area (Å²) in [7, 11) is -1.34. The van der Waals surface area contributed by atoms with Crippen LogP contribution in [0, 0.1) is 0 Å². The molecule has 0 bridgehead atoms. The quantitative estimate of drug-likeness (QED) is 0.100. The maximum Gasteiger partial charge on any atom is 4.00 e. The fourth-order valence-electron chi connectivity index (χ4n) is 6.54. The summed E-state index contributed by atoms with van der Waals surface area (Å²) in [4.78, 5) is 0. The Labute approximate surface area is 367 Å². The van der Waals surface area contributed by atoms with Crippen molar-refractivity contribution >= 4 is 71.5 Å². The summed E-state index contributed by atoms with van der Waals surface area (Å²) in [5.74, 6) is 0. The van der Waals surface area contributed by atoms with Gasteiger partial charge in [-0.25, -0.2) is 0 Å². The molecule has 0 nitrogen and oxygen atoms in total. The summed E-state index contributed by atoms with van der Waals surface area (Å²) in [6.45, 7) is 0. The Bertz CT molecular complexity index is 1880. The van der Waals surface area contributed by atoms with E-state index >= 15 is 0 Å². The van der Waals surface area contributed by atoms with Crippen LogP contribution >= 0.6 is 23.8 Å². The van der Waals surface area contributed by atoms with Gasteiger partial charge in [0.25, 0.3) is 0 Å². The Morgan fingerprint density at radius 1 is 0.155 bits per heavy atom. The molecule has 0 saturated carbocycles. The monoisotopic (exact) mass is 892 g/mol. The Balaban J connectivity index is 0.000000308. The van der Waals surface area contributed by atoms with E-state index in [0.29, 0.717) is 0 Å². The van der Waals surface area contributed by atoms with Crippen LogP contribution < -0.4 is 47.7 Å². The Hall–Kier alpha value is -5.11. The van der Waals surface area contributed by atoms with E-state index in [0.717, 1.165) is 0 Å². The molecule has 0 aliphatic carbocycles. The standard InChI is InChI=1S/3C18H15P.Ru.4H/c3*1-4-10-16(11-5-1)19(17-12-6-2-7-13-17)18-14-8-3-9-15-18;;;;;/h3*1-15H;;;;;/q;;;+4;4*-1. The van der Waals surface area contributed by atoms with Crippen LogP contribution in [-0.2, 0) is 19.5 Å². The molecule has 4 heteroatoms. The molecule has 9 rings (SSSR count). The third-order valence-electron chi connectivity index (χ3n) is 9.13. The second kappa shape index (κ2) is 23.3. The van der Waals surface area contributed by atoms with Gasteiger partial charge in [0.1, 0.15) is 0 Å². The number of benzene rings is 9. The molecule has 0 radical (unpaired) electrons. The van der Waals surface area contributed by atoms with Crippen LogP contribution in [0.1, 0.15) is 5.71 Å². The molecule has 9 aromatic rings. The first-order valence-electron chi connectivity index (χ1n) is 19.2. The van der Waals surface area contributed by atoms with Gasteiger partial charge < -0.3 is 5.71 Å². The van der Waals surface area contributed by atoms with E-state index in [-0.39, 0.29) is 25.2 Å². The topological polar surface area (TPSA) is 0 Å². The van der Waals surface area contributed by atoms with Crippen molar-refractivity contribution in [2.75, 3.05) is 0 Å². The molecule has 0 atom stereocenters. The summed E-state index contributed by atoms with van der Waals surface area (Å²) in [5.41, 5.74) is 0. The molecule has 0 heterocycles. The summed E-state index contributed by atoms with van der Waals surface area (Å²) < 4.78 is 0. The van der Waals surface area contributed by atoms with E-state index in [1.54, 1.807) is 0 Å². The van der Waals surface area contributed by atoms with Crippen molar-refractivity contribution in [3.63, 3.8) is 0 Å². The predicted molar refractivity (Wildman–Crippen MR) is 260 cm³/mol. The molecule has 288 valence electrons. The van der Waals surface area contributed by atoms with Crippen molar-refractivity contribution in [1.82, 2.24) is 0 Å². The second-order valence-corrected chi connectivity index (χ2v) is 19.7. The van der Waals surface area contributed by atoms with Crippen LogP contribution in [0.15, 0.2) is 273 Å². The van der Waals surface area contributed by atoms with Crippen LogP contribution in [0.3, 0.4) is 0 Å². The van der Waals surface area contributed by atoms with Gasteiger partial charge in [0, 0.05) is 0 Å². The van der Waals surface area contributed by atoms with Gasteiger partial charge in [-0.3, -0.25) is 0 Å². The van der Waals surface area contributed by atoms with Crippen molar-refractivity contribution in [3.8, 4) is 0 Å². The zero-order valence-corrected chi connectivity index (χ0v) is 36.6. The number of rotatable bonds is 9. The van der Waals surface area contributed by atoms with E-state index in [1.807, 2.05) is 0 Å². The largest absolute Gasteiger partial charge is 4.00 e. The maximum atomic E-state index is 2.23. The van der Waals surface area contributed by atoms with Crippen LogP contribution in [0.2, 0.25) is 0 Å². The van der Waals surface area contributed by atoms with Gasteiger partial charge in [0.15, 0.2) is 0 Å². The van der Waals surface area contributed by atoms with Crippen LogP contribution in [-0.4, -0.2) is 0 Å². The van der Waals surface area contributed by atoms with Crippen molar-refractivity contribution in [3.05, 3.63) is 273 Å². The van der Waals surface area contributed by atoms with Gasteiger partial charge in [-0.15, -0.1) is 0 Å². The molecule has 0 spiro atoms. The minimum absolute atomic E-state index is 0. The molecular weight excluding hydrogens is 843 g/mol. The molecule has 0 aromatic heterocycles. The van der Waals surface area contributed by atoms with E-state index in [4.69, 9.17) is 0 Å².